The summed E-state index contributed by atoms with van der Waals surface area (Å²) in [7, 11) is 1.66. The molecular formula is C12H16ClNO. The van der Waals surface area contributed by atoms with Gasteiger partial charge in [-0.3, -0.25) is 0 Å². The monoisotopic (exact) mass is 225 g/mol. The van der Waals surface area contributed by atoms with Crippen LogP contribution in [0.1, 0.15) is 18.5 Å². The zero-order chi connectivity index (χ0) is 11.3. The van der Waals surface area contributed by atoms with Crippen molar-refractivity contribution in [1.29, 1.82) is 0 Å². The molecule has 0 unspecified atom stereocenters. The number of hydrogen-bond acceptors (Lipinski definition) is 2. The van der Waals surface area contributed by atoms with Crippen LogP contribution in [0.4, 0.5) is 0 Å². The van der Waals surface area contributed by atoms with Crippen molar-refractivity contribution in [2.24, 2.45) is 0 Å². The molecule has 0 bridgehead atoms. The van der Waals surface area contributed by atoms with Gasteiger partial charge in [0, 0.05) is 17.6 Å². The van der Waals surface area contributed by atoms with E-state index in [4.69, 9.17) is 16.3 Å². The first kappa shape index (κ1) is 12.1. The van der Waals surface area contributed by atoms with Crippen LogP contribution in [0.15, 0.2) is 35.9 Å². The average Bonchev–Trinajstić information content (AvgIpc) is 2.26. The Morgan fingerprint density at radius 3 is 2.53 bits per heavy atom. The second-order valence-corrected chi connectivity index (χ2v) is 3.93. The largest absolute Gasteiger partial charge is 0.497 e. The summed E-state index contributed by atoms with van der Waals surface area (Å²) < 4.78 is 5.09. The zero-order valence-corrected chi connectivity index (χ0v) is 9.84. The summed E-state index contributed by atoms with van der Waals surface area (Å²) in [6, 6.07) is 8.22. The Kier molecular flexibility index (Phi) is 4.66. The van der Waals surface area contributed by atoms with E-state index in [-0.39, 0.29) is 6.04 Å². The summed E-state index contributed by atoms with van der Waals surface area (Å²) in [6.45, 7) is 6.34. The van der Waals surface area contributed by atoms with Gasteiger partial charge in [0.2, 0.25) is 0 Å². The maximum absolute atomic E-state index is 5.68. The molecule has 0 aromatic heterocycles. The fourth-order valence-electron chi connectivity index (χ4n) is 1.27. The standard InChI is InChI=1S/C12H16ClNO/c1-9(13)8-14-10(2)11-4-6-12(15-3)7-5-11/h4-7,10,14H,1,8H2,2-3H3/t10-/m1/s1. The molecule has 0 fully saturated rings. The number of ether oxygens (including phenoxy) is 1. The number of benzene rings is 1. The van der Waals surface area contributed by atoms with Gasteiger partial charge in [0.25, 0.3) is 0 Å². The predicted octanol–water partition coefficient (Wildman–Crippen LogP) is 3.10. The molecule has 1 N–H and O–H groups in total. The van der Waals surface area contributed by atoms with Crippen LogP contribution in [0.25, 0.3) is 0 Å². The lowest BCUT2D eigenvalue weighted by atomic mass is 10.1. The molecule has 0 spiro atoms. The Labute approximate surface area is 95.9 Å². The Hall–Kier alpha value is -0.990. The van der Waals surface area contributed by atoms with Crippen LogP contribution in [0, 0.1) is 0 Å². The topological polar surface area (TPSA) is 21.3 Å². The number of rotatable bonds is 5. The van der Waals surface area contributed by atoms with Gasteiger partial charge < -0.3 is 10.1 Å². The van der Waals surface area contributed by atoms with Gasteiger partial charge in [-0.15, -0.1) is 0 Å². The molecule has 1 atom stereocenters. The van der Waals surface area contributed by atoms with Gasteiger partial charge in [-0.2, -0.15) is 0 Å². The van der Waals surface area contributed by atoms with Crippen molar-refractivity contribution in [3.8, 4) is 5.75 Å². The summed E-state index contributed by atoms with van der Waals surface area (Å²) in [5.41, 5.74) is 1.20. The molecule has 0 aliphatic rings. The highest BCUT2D eigenvalue weighted by Gasteiger charge is 2.04. The first-order valence-corrected chi connectivity index (χ1v) is 5.22. The first-order chi connectivity index (χ1) is 7.13. The summed E-state index contributed by atoms with van der Waals surface area (Å²) >= 11 is 5.68. The third kappa shape index (κ3) is 3.94. The van der Waals surface area contributed by atoms with Crippen molar-refractivity contribution >= 4 is 11.6 Å². The maximum Gasteiger partial charge on any atom is 0.118 e. The lowest BCUT2D eigenvalue weighted by Gasteiger charge is -2.13. The van der Waals surface area contributed by atoms with Crippen LogP contribution in [0.2, 0.25) is 0 Å². The van der Waals surface area contributed by atoms with Gasteiger partial charge in [-0.25, -0.2) is 0 Å². The van der Waals surface area contributed by atoms with E-state index in [0.717, 1.165) is 5.75 Å². The molecule has 1 rings (SSSR count). The van der Waals surface area contributed by atoms with Crippen molar-refractivity contribution in [2.45, 2.75) is 13.0 Å². The maximum atomic E-state index is 5.68. The highest BCUT2D eigenvalue weighted by Crippen LogP contribution is 2.17. The van der Waals surface area contributed by atoms with Crippen molar-refractivity contribution in [1.82, 2.24) is 5.32 Å². The van der Waals surface area contributed by atoms with Crippen LogP contribution < -0.4 is 10.1 Å². The molecule has 0 saturated heterocycles. The summed E-state index contributed by atoms with van der Waals surface area (Å²) in [5, 5.41) is 3.88. The molecule has 1 aromatic rings. The summed E-state index contributed by atoms with van der Waals surface area (Å²) in [5.74, 6) is 0.868. The highest BCUT2D eigenvalue weighted by molar-refractivity contribution is 6.29. The van der Waals surface area contributed by atoms with Crippen LogP contribution >= 0.6 is 11.6 Å². The number of nitrogens with one attached hydrogen (secondary N) is 1. The van der Waals surface area contributed by atoms with E-state index >= 15 is 0 Å². The molecule has 82 valence electrons. The molecule has 0 aliphatic heterocycles. The Morgan fingerprint density at radius 2 is 2.07 bits per heavy atom. The number of halogens is 1. The van der Waals surface area contributed by atoms with Crippen LogP contribution in [0.5, 0.6) is 5.75 Å². The van der Waals surface area contributed by atoms with Crippen LogP contribution in [0.3, 0.4) is 0 Å². The van der Waals surface area contributed by atoms with Crippen LogP contribution in [-0.2, 0) is 0 Å². The van der Waals surface area contributed by atoms with Gasteiger partial charge in [0.05, 0.1) is 7.11 Å². The lowest BCUT2D eigenvalue weighted by Crippen LogP contribution is -2.19. The minimum absolute atomic E-state index is 0.256. The van der Waals surface area contributed by atoms with Gasteiger partial charge in [-0.05, 0) is 24.6 Å². The van der Waals surface area contributed by atoms with Crippen molar-refractivity contribution in [2.75, 3.05) is 13.7 Å². The molecule has 3 heteroatoms. The smallest absolute Gasteiger partial charge is 0.118 e. The fourth-order valence-corrected chi connectivity index (χ4v) is 1.35. The number of methoxy groups -OCH3 is 1. The minimum atomic E-state index is 0.256. The third-order valence-electron chi connectivity index (χ3n) is 2.22. The lowest BCUT2D eigenvalue weighted by molar-refractivity contribution is 0.414. The SMILES string of the molecule is C=C(Cl)CN[C@H](C)c1ccc(OC)cc1. The minimum Gasteiger partial charge on any atom is -0.497 e. The second kappa shape index (κ2) is 5.79. The molecule has 0 saturated carbocycles. The summed E-state index contributed by atoms with van der Waals surface area (Å²) in [6.07, 6.45) is 0. The van der Waals surface area contributed by atoms with Crippen molar-refractivity contribution in [3.05, 3.63) is 41.4 Å². The molecule has 15 heavy (non-hydrogen) atoms. The predicted molar refractivity (Wildman–Crippen MR) is 64.4 cm³/mol. The average molecular weight is 226 g/mol. The Morgan fingerprint density at radius 1 is 1.47 bits per heavy atom. The molecule has 1 aromatic carbocycles. The van der Waals surface area contributed by atoms with Crippen molar-refractivity contribution < 1.29 is 4.74 Å². The van der Waals surface area contributed by atoms with E-state index in [1.165, 1.54) is 5.56 Å². The Bertz CT molecular complexity index is 321. The van der Waals surface area contributed by atoms with Gasteiger partial charge in [0.1, 0.15) is 5.75 Å². The summed E-state index contributed by atoms with van der Waals surface area (Å²) in [4.78, 5) is 0. The van der Waals surface area contributed by atoms with E-state index in [2.05, 4.69) is 18.8 Å². The van der Waals surface area contributed by atoms with Crippen LogP contribution in [-0.4, -0.2) is 13.7 Å². The molecule has 0 amide bonds. The normalized spacial score (nSPS) is 12.2. The van der Waals surface area contributed by atoms with E-state index in [0.29, 0.717) is 11.6 Å². The second-order valence-electron chi connectivity index (χ2n) is 3.39. The third-order valence-corrected chi connectivity index (χ3v) is 2.35. The number of hydrogen-bond donors (Lipinski definition) is 1. The molecular weight excluding hydrogens is 210 g/mol. The fraction of sp³-hybridized carbons (Fsp3) is 0.333. The molecule has 0 radical (unpaired) electrons. The quantitative estimate of drug-likeness (QED) is 0.832. The van der Waals surface area contributed by atoms with E-state index in [9.17, 15) is 0 Å². The van der Waals surface area contributed by atoms with E-state index in [1.54, 1.807) is 7.11 Å². The Balaban J connectivity index is 2.57. The van der Waals surface area contributed by atoms with Gasteiger partial charge in [0.15, 0.2) is 0 Å². The van der Waals surface area contributed by atoms with E-state index in [1.807, 2.05) is 24.3 Å². The van der Waals surface area contributed by atoms with E-state index < -0.39 is 0 Å². The first-order valence-electron chi connectivity index (χ1n) is 4.84. The van der Waals surface area contributed by atoms with Gasteiger partial charge in [-0.1, -0.05) is 30.3 Å². The zero-order valence-electron chi connectivity index (χ0n) is 9.09. The highest BCUT2D eigenvalue weighted by atomic mass is 35.5. The molecule has 0 aliphatic carbocycles. The van der Waals surface area contributed by atoms with Crippen molar-refractivity contribution in [3.63, 3.8) is 0 Å². The van der Waals surface area contributed by atoms with Gasteiger partial charge >= 0.3 is 0 Å². The molecule has 0 heterocycles. The molecule has 2 nitrogen and oxygen atoms in total.